The van der Waals surface area contributed by atoms with E-state index >= 15 is 0 Å². The van der Waals surface area contributed by atoms with E-state index in [1.54, 1.807) is 0 Å². The predicted molar refractivity (Wildman–Crippen MR) is 55.2 cm³/mol. The quantitative estimate of drug-likeness (QED) is 0.605. The fraction of sp³-hybridized carbons (Fsp3) is 0.500. The second-order valence-electron chi connectivity index (χ2n) is 3.94. The van der Waals surface area contributed by atoms with Gasteiger partial charge in [-0.25, -0.2) is 4.79 Å². The summed E-state index contributed by atoms with van der Waals surface area (Å²) in [6.07, 6.45) is 3.76. The molecule has 2 aliphatic heterocycles. The Labute approximate surface area is 92.7 Å². The van der Waals surface area contributed by atoms with Gasteiger partial charge in [-0.05, 0) is 12.8 Å². The summed E-state index contributed by atoms with van der Waals surface area (Å²) >= 11 is 0. The summed E-state index contributed by atoms with van der Waals surface area (Å²) in [5.41, 5.74) is 5.15. The third-order valence-electron chi connectivity index (χ3n) is 2.98. The van der Waals surface area contributed by atoms with Gasteiger partial charge in [-0.15, -0.1) is 0 Å². The minimum Gasteiger partial charge on any atom is -0.351 e. The maximum atomic E-state index is 11.4. The maximum Gasteiger partial charge on any atom is 0.314 e. The third-order valence-corrected chi connectivity index (χ3v) is 2.98. The highest BCUT2D eigenvalue weighted by Crippen LogP contribution is 2.19. The number of amides is 4. The molecule has 4 amide bonds. The Balaban J connectivity index is 1.97. The fourth-order valence-corrected chi connectivity index (χ4v) is 2.12. The number of urea groups is 1. The van der Waals surface area contributed by atoms with Crippen LogP contribution in [0.2, 0.25) is 0 Å². The van der Waals surface area contributed by atoms with E-state index in [1.165, 1.54) is 22.0 Å². The van der Waals surface area contributed by atoms with Gasteiger partial charge in [-0.3, -0.25) is 14.5 Å². The van der Waals surface area contributed by atoms with E-state index in [2.05, 4.69) is 0 Å². The van der Waals surface area contributed by atoms with Gasteiger partial charge in [-0.2, -0.15) is 0 Å². The molecular weight excluding hydrogens is 210 g/mol. The van der Waals surface area contributed by atoms with Crippen molar-refractivity contribution in [3.63, 3.8) is 0 Å². The first-order chi connectivity index (χ1) is 7.59. The average Bonchev–Trinajstić information content (AvgIpc) is 2.59. The number of hydrogen-bond acceptors (Lipinski definition) is 3. The van der Waals surface area contributed by atoms with Crippen molar-refractivity contribution in [3.8, 4) is 0 Å². The molecule has 16 heavy (non-hydrogen) atoms. The largest absolute Gasteiger partial charge is 0.351 e. The molecule has 6 nitrogen and oxygen atoms in total. The number of primary amides is 1. The van der Waals surface area contributed by atoms with Gasteiger partial charge >= 0.3 is 6.03 Å². The first-order valence-corrected chi connectivity index (χ1v) is 5.19. The zero-order chi connectivity index (χ0) is 11.7. The van der Waals surface area contributed by atoms with Crippen molar-refractivity contribution < 1.29 is 14.4 Å². The number of nitrogens with two attached hydrogens (primary N) is 1. The van der Waals surface area contributed by atoms with Crippen LogP contribution < -0.4 is 5.73 Å². The van der Waals surface area contributed by atoms with Gasteiger partial charge in [0.05, 0.1) is 0 Å². The third kappa shape index (κ3) is 1.78. The highest BCUT2D eigenvalue weighted by Gasteiger charge is 2.33. The van der Waals surface area contributed by atoms with Gasteiger partial charge in [0.2, 0.25) is 0 Å². The second-order valence-corrected chi connectivity index (χ2v) is 3.94. The summed E-state index contributed by atoms with van der Waals surface area (Å²) < 4.78 is 0. The molecule has 2 heterocycles. The van der Waals surface area contributed by atoms with Crippen molar-refractivity contribution in [1.29, 1.82) is 0 Å². The monoisotopic (exact) mass is 223 g/mol. The van der Waals surface area contributed by atoms with Crippen LogP contribution in [-0.2, 0) is 9.59 Å². The molecule has 0 bridgehead atoms. The summed E-state index contributed by atoms with van der Waals surface area (Å²) in [4.78, 5) is 36.5. The van der Waals surface area contributed by atoms with Crippen LogP contribution in [0.15, 0.2) is 12.2 Å². The molecule has 86 valence electrons. The Morgan fingerprint density at radius 1 is 1.19 bits per heavy atom. The molecule has 0 aromatic heterocycles. The van der Waals surface area contributed by atoms with E-state index in [4.69, 9.17) is 5.73 Å². The standard InChI is InChI=1S/C10H13N3O3/c11-10(16)12-5-3-7(4-6-12)13-8(14)1-2-9(13)15/h1-2,7H,3-6H2,(H2,11,16). The minimum atomic E-state index is -0.448. The van der Waals surface area contributed by atoms with Gasteiger partial charge < -0.3 is 10.6 Å². The number of likely N-dealkylation sites (tertiary alicyclic amines) is 1. The number of carbonyl (C=O) groups excluding carboxylic acids is 3. The lowest BCUT2D eigenvalue weighted by Gasteiger charge is -2.34. The zero-order valence-corrected chi connectivity index (χ0v) is 8.76. The number of piperidine rings is 1. The molecule has 0 aliphatic carbocycles. The number of hydrogen-bond donors (Lipinski definition) is 1. The number of carbonyl (C=O) groups is 3. The predicted octanol–water partition coefficient (Wildman–Crippen LogP) is -0.545. The molecule has 0 aromatic rings. The SMILES string of the molecule is NC(=O)N1CCC(N2C(=O)C=CC2=O)CC1. The Bertz CT molecular complexity index is 352. The van der Waals surface area contributed by atoms with E-state index in [9.17, 15) is 14.4 Å². The van der Waals surface area contributed by atoms with Crippen LogP contribution in [-0.4, -0.2) is 46.8 Å². The van der Waals surface area contributed by atoms with E-state index in [1.807, 2.05) is 0 Å². The highest BCUT2D eigenvalue weighted by atomic mass is 16.2. The van der Waals surface area contributed by atoms with Crippen molar-refractivity contribution in [2.45, 2.75) is 18.9 Å². The van der Waals surface area contributed by atoms with Crippen LogP contribution >= 0.6 is 0 Å². The van der Waals surface area contributed by atoms with Gasteiger partial charge in [0.15, 0.2) is 0 Å². The molecule has 1 fully saturated rings. The van der Waals surface area contributed by atoms with Crippen LogP contribution in [0, 0.1) is 0 Å². The molecule has 0 radical (unpaired) electrons. The summed E-state index contributed by atoms with van der Waals surface area (Å²) in [5, 5.41) is 0. The first-order valence-electron chi connectivity index (χ1n) is 5.19. The molecule has 2 aliphatic rings. The number of rotatable bonds is 1. The Morgan fingerprint density at radius 2 is 1.69 bits per heavy atom. The van der Waals surface area contributed by atoms with Crippen molar-refractivity contribution in [3.05, 3.63) is 12.2 Å². The average molecular weight is 223 g/mol. The Kier molecular flexibility index (Phi) is 2.64. The maximum absolute atomic E-state index is 11.4. The fourth-order valence-electron chi connectivity index (χ4n) is 2.12. The molecule has 0 aromatic carbocycles. The lowest BCUT2D eigenvalue weighted by atomic mass is 10.0. The Morgan fingerprint density at radius 3 is 2.12 bits per heavy atom. The summed E-state index contributed by atoms with van der Waals surface area (Å²) in [6, 6.07) is -0.554. The van der Waals surface area contributed by atoms with Crippen LogP contribution in [0.25, 0.3) is 0 Å². The Hall–Kier alpha value is -1.85. The topological polar surface area (TPSA) is 83.7 Å². The number of imide groups is 1. The minimum absolute atomic E-state index is 0.106. The van der Waals surface area contributed by atoms with Crippen LogP contribution in [0.1, 0.15) is 12.8 Å². The molecule has 2 N–H and O–H groups in total. The van der Waals surface area contributed by atoms with Crippen molar-refractivity contribution >= 4 is 17.8 Å². The molecule has 2 rings (SSSR count). The van der Waals surface area contributed by atoms with Crippen molar-refractivity contribution in [2.24, 2.45) is 5.73 Å². The van der Waals surface area contributed by atoms with Crippen LogP contribution in [0.4, 0.5) is 4.79 Å². The summed E-state index contributed by atoms with van der Waals surface area (Å²) in [7, 11) is 0. The van der Waals surface area contributed by atoms with E-state index in [0.29, 0.717) is 25.9 Å². The molecule has 0 atom stereocenters. The van der Waals surface area contributed by atoms with Crippen molar-refractivity contribution in [2.75, 3.05) is 13.1 Å². The summed E-state index contributed by atoms with van der Waals surface area (Å²) in [5.74, 6) is -0.523. The van der Waals surface area contributed by atoms with Crippen molar-refractivity contribution in [1.82, 2.24) is 9.80 Å². The van der Waals surface area contributed by atoms with Gasteiger partial charge in [-0.1, -0.05) is 0 Å². The van der Waals surface area contributed by atoms with Gasteiger partial charge in [0.25, 0.3) is 11.8 Å². The zero-order valence-electron chi connectivity index (χ0n) is 8.76. The normalized spacial score (nSPS) is 22.0. The molecule has 1 saturated heterocycles. The van der Waals surface area contributed by atoms with E-state index in [-0.39, 0.29) is 17.9 Å². The second kappa shape index (κ2) is 3.96. The van der Waals surface area contributed by atoms with Crippen LogP contribution in [0.3, 0.4) is 0 Å². The number of nitrogens with zero attached hydrogens (tertiary/aromatic N) is 2. The highest BCUT2D eigenvalue weighted by molar-refractivity contribution is 6.13. The van der Waals surface area contributed by atoms with Gasteiger partial charge in [0.1, 0.15) is 0 Å². The van der Waals surface area contributed by atoms with Gasteiger partial charge in [0, 0.05) is 31.3 Å². The first kappa shape index (κ1) is 10.7. The van der Waals surface area contributed by atoms with Crippen LogP contribution in [0.5, 0.6) is 0 Å². The van der Waals surface area contributed by atoms with E-state index in [0.717, 1.165) is 0 Å². The molecule has 0 spiro atoms. The molecular formula is C10H13N3O3. The molecule has 0 unspecified atom stereocenters. The summed E-state index contributed by atoms with van der Waals surface area (Å²) in [6.45, 7) is 0.994. The molecule has 0 saturated carbocycles. The van der Waals surface area contributed by atoms with E-state index < -0.39 is 6.03 Å². The lowest BCUT2D eigenvalue weighted by molar-refractivity contribution is -0.140. The lowest BCUT2D eigenvalue weighted by Crippen LogP contribution is -2.49. The molecule has 6 heteroatoms. The smallest absolute Gasteiger partial charge is 0.314 e.